The molecule has 2 aromatic heterocycles. The second-order valence-electron chi connectivity index (χ2n) is 7.84. The summed E-state index contributed by atoms with van der Waals surface area (Å²) in [4.78, 5) is 34.2. The van der Waals surface area contributed by atoms with Gasteiger partial charge in [-0.3, -0.25) is 19.7 Å². The first-order valence-corrected chi connectivity index (χ1v) is 10.4. The van der Waals surface area contributed by atoms with Crippen LogP contribution in [0.5, 0.6) is 0 Å². The van der Waals surface area contributed by atoms with E-state index in [9.17, 15) is 9.59 Å². The number of fused-ring (bicyclic) bond motifs is 1. The Labute approximate surface area is 174 Å². The Morgan fingerprint density at radius 2 is 1.90 bits per heavy atom. The van der Waals surface area contributed by atoms with Crippen molar-refractivity contribution in [1.82, 2.24) is 20.1 Å². The van der Waals surface area contributed by atoms with Crippen LogP contribution in [-0.4, -0.2) is 51.5 Å². The van der Waals surface area contributed by atoms with Crippen LogP contribution < -0.4 is 4.90 Å². The number of H-pyrrole nitrogens is 1. The number of carbonyl (C=O) groups is 2. The number of piperidine rings is 1. The number of aromatic amines is 1. The van der Waals surface area contributed by atoms with Crippen molar-refractivity contribution in [3.05, 3.63) is 66.0 Å². The summed E-state index contributed by atoms with van der Waals surface area (Å²) < 4.78 is 0. The van der Waals surface area contributed by atoms with Crippen LogP contribution in [0.1, 0.15) is 28.9 Å². The van der Waals surface area contributed by atoms with Gasteiger partial charge in [0.2, 0.25) is 5.91 Å². The zero-order valence-corrected chi connectivity index (χ0v) is 16.6. The molecule has 2 amide bonds. The number of likely N-dealkylation sites (tertiary alicyclic amines) is 1. The summed E-state index contributed by atoms with van der Waals surface area (Å²) in [5.41, 5.74) is 4.01. The lowest BCUT2D eigenvalue weighted by Gasteiger charge is -2.33. The van der Waals surface area contributed by atoms with Crippen LogP contribution in [-0.2, 0) is 11.2 Å². The highest BCUT2D eigenvalue weighted by Gasteiger charge is 2.34. The molecule has 7 nitrogen and oxygen atoms in total. The fraction of sp³-hybridized carbons (Fsp3) is 0.304. The Hall–Kier alpha value is -3.48. The summed E-state index contributed by atoms with van der Waals surface area (Å²) in [6.45, 7) is 1.81. The van der Waals surface area contributed by atoms with Gasteiger partial charge in [-0.15, -0.1) is 0 Å². The van der Waals surface area contributed by atoms with E-state index in [1.807, 2.05) is 41.3 Å². The quantitative estimate of drug-likeness (QED) is 0.732. The fourth-order valence-corrected chi connectivity index (χ4v) is 4.40. The number of benzene rings is 1. The number of anilines is 1. The van der Waals surface area contributed by atoms with Gasteiger partial charge in [0.1, 0.15) is 11.4 Å². The topological polar surface area (TPSA) is 82.2 Å². The van der Waals surface area contributed by atoms with Crippen molar-refractivity contribution in [3.8, 4) is 11.4 Å². The van der Waals surface area contributed by atoms with Gasteiger partial charge in [-0.1, -0.05) is 24.3 Å². The first-order valence-electron chi connectivity index (χ1n) is 10.4. The molecule has 5 rings (SSSR count). The van der Waals surface area contributed by atoms with Crippen molar-refractivity contribution in [1.29, 1.82) is 0 Å². The van der Waals surface area contributed by atoms with Gasteiger partial charge in [0.15, 0.2) is 0 Å². The van der Waals surface area contributed by atoms with Crippen LogP contribution in [0.3, 0.4) is 0 Å². The molecule has 1 unspecified atom stereocenters. The maximum Gasteiger partial charge on any atom is 0.271 e. The highest BCUT2D eigenvalue weighted by atomic mass is 16.2. The van der Waals surface area contributed by atoms with Gasteiger partial charge in [-0.2, -0.15) is 5.10 Å². The molecule has 1 aromatic carbocycles. The SMILES string of the molecule is O=C(c1cc(-c2ccccn2)n[nH]1)N1CCCC(C(=O)N2CCc3ccccc32)C1. The molecule has 152 valence electrons. The number of amides is 2. The van der Waals surface area contributed by atoms with E-state index in [2.05, 4.69) is 21.2 Å². The minimum atomic E-state index is -0.174. The van der Waals surface area contributed by atoms with Gasteiger partial charge >= 0.3 is 0 Å². The number of hydrogen-bond donors (Lipinski definition) is 1. The zero-order valence-electron chi connectivity index (χ0n) is 16.6. The van der Waals surface area contributed by atoms with Crippen molar-refractivity contribution >= 4 is 17.5 Å². The van der Waals surface area contributed by atoms with Gasteiger partial charge in [-0.25, -0.2) is 0 Å². The molecule has 0 bridgehead atoms. The normalized spacial score (nSPS) is 18.3. The van der Waals surface area contributed by atoms with Gasteiger partial charge in [0.05, 0.1) is 11.6 Å². The molecule has 1 N–H and O–H groups in total. The number of carbonyl (C=O) groups excluding carboxylic acids is 2. The third-order valence-corrected chi connectivity index (χ3v) is 5.95. The van der Waals surface area contributed by atoms with Gasteiger partial charge < -0.3 is 9.80 Å². The van der Waals surface area contributed by atoms with E-state index in [0.29, 0.717) is 30.2 Å². The van der Waals surface area contributed by atoms with Crippen molar-refractivity contribution < 1.29 is 9.59 Å². The lowest BCUT2D eigenvalue weighted by molar-refractivity contribution is -0.123. The molecule has 0 radical (unpaired) electrons. The van der Waals surface area contributed by atoms with Crippen LogP contribution in [0.25, 0.3) is 11.4 Å². The largest absolute Gasteiger partial charge is 0.337 e. The van der Waals surface area contributed by atoms with Crippen LogP contribution >= 0.6 is 0 Å². The second-order valence-corrected chi connectivity index (χ2v) is 7.84. The van der Waals surface area contributed by atoms with Crippen molar-refractivity contribution in [2.75, 3.05) is 24.5 Å². The molecule has 0 saturated carbocycles. The molecule has 1 atom stereocenters. The van der Waals surface area contributed by atoms with E-state index in [4.69, 9.17) is 0 Å². The average molecular weight is 401 g/mol. The smallest absolute Gasteiger partial charge is 0.271 e. The summed E-state index contributed by atoms with van der Waals surface area (Å²) >= 11 is 0. The Morgan fingerprint density at radius 1 is 1.03 bits per heavy atom. The van der Waals surface area contributed by atoms with Crippen LogP contribution in [0.2, 0.25) is 0 Å². The monoisotopic (exact) mass is 401 g/mol. The Kier molecular flexibility index (Phi) is 4.78. The van der Waals surface area contributed by atoms with Crippen molar-refractivity contribution in [2.45, 2.75) is 19.3 Å². The first-order chi connectivity index (χ1) is 14.7. The third kappa shape index (κ3) is 3.36. The Morgan fingerprint density at radius 3 is 2.77 bits per heavy atom. The van der Waals surface area contributed by atoms with Crippen LogP contribution in [0.4, 0.5) is 5.69 Å². The summed E-state index contributed by atoms with van der Waals surface area (Å²) in [5.74, 6) is -0.174. The molecule has 0 spiro atoms. The van der Waals surface area contributed by atoms with E-state index in [1.54, 1.807) is 17.2 Å². The number of pyridine rings is 1. The van der Waals surface area contributed by atoms with Crippen LogP contribution in [0, 0.1) is 5.92 Å². The van der Waals surface area contributed by atoms with Crippen LogP contribution in [0.15, 0.2) is 54.7 Å². The van der Waals surface area contributed by atoms with Gasteiger partial charge in [0, 0.05) is 31.5 Å². The average Bonchev–Trinajstić information content (AvgIpc) is 3.46. The van der Waals surface area contributed by atoms with Crippen molar-refractivity contribution in [3.63, 3.8) is 0 Å². The summed E-state index contributed by atoms with van der Waals surface area (Å²) in [6.07, 6.45) is 4.22. The molecule has 30 heavy (non-hydrogen) atoms. The molecular formula is C23H23N5O2. The molecule has 4 heterocycles. The highest BCUT2D eigenvalue weighted by molar-refractivity contribution is 5.98. The summed E-state index contributed by atoms with van der Waals surface area (Å²) in [7, 11) is 0. The number of aromatic nitrogens is 3. The Bertz CT molecular complexity index is 1080. The predicted molar refractivity (Wildman–Crippen MR) is 113 cm³/mol. The highest BCUT2D eigenvalue weighted by Crippen LogP contribution is 2.31. The molecule has 2 aliphatic rings. The van der Waals surface area contributed by atoms with Crippen molar-refractivity contribution in [2.24, 2.45) is 5.92 Å². The number of rotatable bonds is 3. The molecular weight excluding hydrogens is 378 g/mol. The molecule has 2 aliphatic heterocycles. The lowest BCUT2D eigenvalue weighted by atomic mass is 9.96. The van der Waals surface area contributed by atoms with E-state index in [-0.39, 0.29) is 17.7 Å². The number of hydrogen-bond acceptors (Lipinski definition) is 4. The van der Waals surface area contributed by atoms with Gasteiger partial charge in [-0.05, 0) is 49.1 Å². The second kappa shape index (κ2) is 7.74. The Balaban J connectivity index is 1.29. The third-order valence-electron chi connectivity index (χ3n) is 5.95. The lowest BCUT2D eigenvalue weighted by Crippen LogP contribution is -2.46. The number of nitrogens with zero attached hydrogens (tertiary/aromatic N) is 4. The first kappa shape index (κ1) is 18.5. The molecule has 1 fully saturated rings. The number of para-hydroxylation sites is 1. The minimum Gasteiger partial charge on any atom is -0.337 e. The van der Waals surface area contributed by atoms with Gasteiger partial charge in [0.25, 0.3) is 5.91 Å². The molecule has 0 aliphatic carbocycles. The molecule has 7 heteroatoms. The fourth-order valence-electron chi connectivity index (χ4n) is 4.40. The van der Waals surface area contributed by atoms with E-state index >= 15 is 0 Å². The van der Waals surface area contributed by atoms with E-state index in [0.717, 1.165) is 31.5 Å². The van der Waals surface area contributed by atoms with E-state index < -0.39 is 0 Å². The maximum atomic E-state index is 13.2. The standard InChI is InChI=1S/C23H23N5O2/c29-22(28-13-10-16-6-1-2-9-21(16)28)17-7-5-12-27(15-17)23(30)20-14-19(25-26-20)18-8-3-4-11-24-18/h1-4,6,8-9,11,14,17H,5,7,10,12-13,15H2,(H,25,26). The summed E-state index contributed by atoms with van der Waals surface area (Å²) in [6, 6.07) is 15.4. The van der Waals surface area contributed by atoms with E-state index in [1.165, 1.54) is 5.56 Å². The zero-order chi connectivity index (χ0) is 20.5. The number of nitrogens with one attached hydrogen (secondary N) is 1. The molecule has 3 aromatic rings. The summed E-state index contributed by atoms with van der Waals surface area (Å²) in [5, 5.41) is 7.07. The maximum absolute atomic E-state index is 13.2. The minimum absolute atomic E-state index is 0.121. The predicted octanol–water partition coefficient (Wildman–Crippen LogP) is 2.91. The molecule has 1 saturated heterocycles.